The first-order valence-electron chi connectivity index (χ1n) is 6.37. The summed E-state index contributed by atoms with van der Waals surface area (Å²) in [5.74, 6) is 5.77. The zero-order valence-electron chi connectivity index (χ0n) is 12.0. The number of hydrogen-bond acceptors (Lipinski definition) is 2. The molecule has 0 aliphatic rings. The van der Waals surface area contributed by atoms with Crippen molar-refractivity contribution in [2.45, 2.75) is 54.0 Å². The average molecular weight is 234 g/mol. The second-order valence-corrected chi connectivity index (χ2v) is 5.73. The predicted octanol–water partition coefficient (Wildman–Crippen LogP) is 3.55. The van der Waals surface area contributed by atoms with Gasteiger partial charge >= 0.3 is 0 Å². The molecule has 0 radical (unpaired) electrons. The summed E-state index contributed by atoms with van der Waals surface area (Å²) in [7, 11) is 0. The lowest BCUT2D eigenvalue weighted by molar-refractivity contribution is 0.235. The van der Waals surface area contributed by atoms with Crippen LogP contribution in [0.4, 0.5) is 0 Å². The second kappa shape index (κ2) is 5.19. The summed E-state index contributed by atoms with van der Waals surface area (Å²) in [6.45, 7) is 13.2. The van der Waals surface area contributed by atoms with E-state index in [4.69, 9.17) is 5.84 Å². The standard InChI is InChI=1S/C15H26N2/c1-7-15(5,6)14(17-16)13-9-11(3)10(2)8-12(13)4/h8-9,14,17H,7,16H2,1-6H3. The van der Waals surface area contributed by atoms with E-state index in [2.05, 4.69) is 59.1 Å². The Hall–Kier alpha value is -0.860. The molecule has 1 rings (SSSR count). The lowest BCUT2D eigenvalue weighted by Crippen LogP contribution is -2.38. The normalized spacial score (nSPS) is 13.8. The van der Waals surface area contributed by atoms with Crippen molar-refractivity contribution in [3.8, 4) is 0 Å². The van der Waals surface area contributed by atoms with Gasteiger partial charge in [0.2, 0.25) is 0 Å². The molecule has 1 aromatic carbocycles. The van der Waals surface area contributed by atoms with Crippen molar-refractivity contribution in [2.75, 3.05) is 0 Å². The molecule has 0 bridgehead atoms. The van der Waals surface area contributed by atoms with Gasteiger partial charge in [-0.3, -0.25) is 11.3 Å². The fourth-order valence-electron chi connectivity index (χ4n) is 2.23. The summed E-state index contributed by atoms with van der Waals surface area (Å²) in [5.41, 5.74) is 8.47. The molecule has 1 atom stereocenters. The number of benzene rings is 1. The SMILES string of the molecule is CCC(C)(C)C(NN)c1cc(C)c(C)cc1C. The molecule has 2 nitrogen and oxygen atoms in total. The Morgan fingerprint density at radius 2 is 1.65 bits per heavy atom. The van der Waals surface area contributed by atoms with Crippen LogP contribution in [0.3, 0.4) is 0 Å². The van der Waals surface area contributed by atoms with Gasteiger partial charge in [0.15, 0.2) is 0 Å². The monoisotopic (exact) mass is 234 g/mol. The Kier molecular flexibility index (Phi) is 4.34. The summed E-state index contributed by atoms with van der Waals surface area (Å²) in [4.78, 5) is 0. The third-order valence-corrected chi connectivity index (χ3v) is 4.05. The van der Waals surface area contributed by atoms with Crippen molar-refractivity contribution in [3.63, 3.8) is 0 Å². The number of nitrogens with two attached hydrogens (primary N) is 1. The highest BCUT2D eigenvalue weighted by atomic mass is 15.2. The number of hydrazine groups is 1. The minimum atomic E-state index is 0.154. The Balaban J connectivity index is 3.26. The molecular formula is C15H26N2. The lowest BCUT2D eigenvalue weighted by Gasteiger charge is -2.34. The van der Waals surface area contributed by atoms with Gasteiger partial charge in [-0.15, -0.1) is 0 Å². The van der Waals surface area contributed by atoms with Crippen molar-refractivity contribution in [2.24, 2.45) is 11.3 Å². The van der Waals surface area contributed by atoms with Gasteiger partial charge in [-0.05, 0) is 54.9 Å². The predicted molar refractivity (Wildman–Crippen MR) is 74.8 cm³/mol. The van der Waals surface area contributed by atoms with Crippen molar-refractivity contribution < 1.29 is 0 Å². The van der Waals surface area contributed by atoms with Gasteiger partial charge in [0, 0.05) is 0 Å². The van der Waals surface area contributed by atoms with E-state index in [9.17, 15) is 0 Å². The smallest absolute Gasteiger partial charge is 0.0513 e. The first-order valence-corrected chi connectivity index (χ1v) is 6.37. The molecule has 0 spiro atoms. The molecule has 2 heteroatoms. The van der Waals surface area contributed by atoms with Crippen LogP contribution in [0.2, 0.25) is 0 Å². The molecule has 0 heterocycles. The minimum Gasteiger partial charge on any atom is -0.271 e. The third kappa shape index (κ3) is 2.88. The lowest BCUT2D eigenvalue weighted by atomic mass is 9.77. The molecule has 0 amide bonds. The van der Waals surface area contributed by atoms with E-state index < -0.39 is 0 Å². The van der Waals surface area contributed by atoms with Crippen LogP contribution in [0.25, 0.3) is 0 Å². The van der Waals surface area contributed by atoms with E-state index >= 15 is 0 Å². The fourth-order valence-corrected chi connectivity index (χ4v) is 2.23. The Morgan fingerprint density at radius 3 is 2.12 bits per heavy atom. The van der Waals surface area contributed by atoms with Crippen LogP contribution in [-0.4, -0.2) is 0 Å². The molecule has 3 N–H and O–H groups in total. The second-order valence-electron chi connectivity index (χ2n) is 5.73. The van der Waals surface area contributed by atoms with Crippen LogP contribution in [-0.2, 0) is 0 Å². The van der Waals surface area contributed by atoms with Crippen LogP contribution in [0, 0.1) is 26.2 Å². The van der Waals surface area contributed by atoms with Crippen LogP contribution in [0.5, 0.6) is 0 Å². The van der Waals surface area contributed by atoms with Crippen molar-refractivity contribution in [1.82, 2.24) is 5.43 Å². The van der Waals surface area contributed by atoms with E-state index in [0.717, 1.165) is 6.42 Å². The summed E-state index contributed by atoms with van der Waals surface area (Å²) >= 11 is 0. The Labute approximate surface area is 106 Å². The van der Waals surface area contributed by atoms with Crippen LogP contribution >= 0.6 is 0 Å². The van der Waals surface area contributed by atoms with Gasteiger partial charge in [-0.1, -0.05) is 32.9 Å². The quantitative estimate of drug-likeness (QED) is 0.617. The highest BCUT2D eigenvalue weighted by molar-refractivity contribution is 5.38. The largest absolute Gasteiger partial charge is 0.271 e. The van der Waals surface area contributed by atoms with Gasteiger partial charge in [0.25, 0.3) is 0 Å². The third-order valence-electron chi connectivity index (χ3n) is 4.05. The Bertz CT molecular complexity index is 394. The maximum absolute atomic E-state index is 5.77. The van der Waals surface area contributed by atoms with Crippen LogP contribution in [0.1, 0.15) is 55.5 Å². The first kappa shape index (κ1) is 14.2. The molecule has 0 aliphatic carbocycles. The van der Waals surface area contributed by atoms with Gasteiger partial charge in [-0.2, -0.15) is 0 Å². The number of hydrogen-bond donors (Lipinski definition) is 2. The average Bonchev–Trinajstić information content (AvgIpc) is 2.26. The topological polar surface area (TPSA) is 38.0 Å². The number of rotatable bonds is 4. The first-order chi connectivity index (χ1) is 7.83. The highest BCUT2D eigenvalue weighted by Gasteiger charge is 2.29. The van der Waals surface area contributed by atoms with E-state index in [1.165, 1.54) is 22.3 Å². The zero-order chi connectivity index (χ0) is 13.2. The molecule has 1 aromatic rings. The Morgan fingerprint density at radius 1 is 1.12 bits per heavy atom. The highest BCUT2D eigenvalue weighted by Crippen LogP contribution is 2.37. The number of aryl methyl sites for hydroxylation is 3. The summed E-state index contributed by atoms with van der Waals surface area (Å²) in [6, 6.07) is 4.72. The molecule has 1 unspecified atom stereocenters. The molecular weight excluding hydrogens is 208 g/mol. The molecule has 0 aromatic heterocycles. The van der Waals surface area contributed by atoms with Crippen molar-refractivity contribution in [1.29, 1.82) is 0 Å². The van der Waals surface area contributed by atoms with Crippen LogP contribution < -0.4 is 11.3 Å². The van der Waals surface area contributed by atoms with E-state index in [-0.39, 0.29) is 11.5 Å². The summed E-state index contributed by atoms with van der Waals surface area (Å²) in [6.07, 6.45) is 1.09. The number of nitrogens with one attached hydrogen (secondary N) is 1. The summed E-state index contributed by atoms with van der Waals surface area (Å²) in [5, 5.41) is 0. The fraction of sp³-hybridized carbons (Fsp3) is 0.600. The van der Waals surface area contributed by atoms with E-state index in [1.54, 1.807) is 0 Å². The maximum atomic E-state index is 5.77. The molecule has 0 saturated carbocycles. The molecule has 17 heavy (non-hydrogen) atoms. The molecule has 0 aliphatic heterocycles. The molecule has 0 saturated heterocycles. The van der Waals surface area contributed by atoms with Crippen molar-refractivity contribution >= 4 is 0 Å². The van der Waals surface area contributed by atoms with Gasteiger partial charge in [0.1, 0.15) is 0 Å². The van der Waals surface area contributed by atoms with Crippen LogP contribution in [0.15, 0.2) is 12.1 Å². The summed E-state index contributed by atoms with van der Waals surface area (Å²) < 4.78 is 0. The van der Waals surface area contributed by atoms with E-state index in [0.29, 0.717) is 0 Å². The minimum absolute atomic E-state index is 0.154. The maximum Gasteiger partial charge on any atom is 0.0513 e. The zero-order valence-corrected chi connectivity index (χ0v) is 12.0. The van der Waals surface area contributed by atoms with Gasteiger partial charge in [-0.25, -0.2) is 0 Å². The molecule has 0 fully saturated rings. The van der Waals surface area contributed by atoms with Crippen molar-refractivity contribution in [3.05, 3.63) is 34.4 Å². The van der Waals surface area contributed by atoms with E-state index in [1.807, 2.05) is 0 Å². The van der Waals surface area contributed by atoms with Gasteiger partial charge < -0.3 is 0 Å². The molecule has 96 valence electrons. The van der Waals surface area contributed by atoms with Gasteiger partial charge in [0.05, 0.1) is 6.04 Å².